The van der Waals surface area contributed by atoms with Gasteiger partial charge < -0.3 is 26.4 Å². The van der Waals surface area contributed by atoms with Crippen molar-refractivity contribution in [2.45, 2.75) is 31.3 Å². The van der Waals surface area contributed by atoms with Crippen LogP contribution in [0.2, 0.25) is 0 Å². The maximum absolute atomic E-state index is 12.6. The Bertz CT molecular complexity index is 682. The minimum Gasteiger partial charge on any atom is -0.467 e. The largest absolute Gasteiger partial charge is 0.467 e. The number of nitrogens with two attached hydrogens (primary N) is 1. The van der Waals surface area contributed by atoms with Crippen LogP contribution in [-0.4, -0.2) is 55.7 Å². The Hall–Kier alpha value is -3.21. The summed E-state index contributed by atoms with van der Waals surface area (Å²) in [7, 11) is 2.91. The maximum Gasteiger partial charge on any atom is 0.328 e. The minimum absolute atomic E-state index is 0.242. The molecule has 1 aromatic rings. The number of ether oxygens (including phenoxy) is 1. The number of nitrogens with one attached hydrogen (secondary N) is 3. The second-order valence-electron chi connectivity index (χ2n) is 5.91. The minimum atomic E-state index is -0.912. The van der Waals surface area contributed by atoms with Crippen LogP contribution >= 0.6 is 0 Å². The molecule has 0 unspecified atom stereocenters. The molecule has 5 N–H and O–H groups in total. The van der Waals surface area contributed by atoms with E-state index in [1.54, 1.807) is 7.05 Å². The third-order valence-corrected chi connectivity index (χ3v) is 3.91. The van der Waals surface area contributed by atoms with Crippen LogP contribution in [0.5, 0.6) is 0 Å². The molecule has 2 atom stereocenters. The molecular formula is C17H26N6O5. The van der Waals surface area contributed by atoms with Crippen LogP contribution in [0, 0.1) is 10.1 Å². The molecule has 0 radical (unpaired) electrons. The molecule has 1 rings (SSSR count). The quantitative estimate of drug-likeness (QED) is 0.0961. The number of likely N-dealkylation sites (N-methyl/N-ethyl adjacent to an activating group) is 1. The number of nitrogens with zero attached hydrogens (tertiary/aromatic N) is 2. The Morgan fingerprint density at radius 2 is 1.96 bits per heavy atom. The highest BCUT2D eigenvalue weighted by atomic mass is 16.7. The summed E-state index contributed by atoms with van der Waals surface area (Å²) in [6.07, 6.45) is 1.13. The first kappa shape index (κ1) is 22.8. The number of rotatable bonds is 11. The van der Waals surface area contributed by atoms with Crippen molar-refractivity contribution in [3.8, 4) is 0 Å². The van der Waals surface area contributed by atoms with Crippen molar-refractivity contribution in [2.24, 2.45) is 10.8 Å². The Morgan fingerprint density at radius 1 is 1.29 bits per heavy atom. The molecule has 0 spiro atoms. The molecule has 0 saturated heterocycles. The summed E-state index contributed by atoms with van der Waals surface area (Å²) in [6, 6.07) is 8.13. The van der Waals surface area contributed by atoms with E-state index in [4.69, 9.17) is 10.5 Å². The number of nitro groups is 1. The third-order valence-electron chi connectivity index (χ3n) is 3.91. The van der Waals surface area contributed by atoms with Crippen molar-refractivity contribution in [2.75, 3.05) is 20.7 Å². The van der Waals surface area contributed by atoms with Gasteiger partial charge in [0.2, 0.25) is 5.91 Å². The van der Waals surface area contributed by atoms with Crippen LogP contribution in [0.25, 0.3) is 0 Å². The summed E-state index contributed by atoms with van der Waals surface area (Å²) >= 11 is 0. The Morgan fingerprint density at radius 3 is 2.54 bits per heavy atom. The lowest BCUT2D eigenvalue weighted by atomic mass is 10.0. The normalized spacial score (nSPS) is 13.3. The number of hydrazone groups is 1. The van der Waals surface area contributed by atoms with Gasteiger partial charge in [0.15, 0.2) is 5.03 Å². The van der Waals surface area contributed by atoms with E-state index >= 15 is 0 Å². The van der Waals surface area contributed by atoms with Crippen LogP contribution in [0.15, 0.2) is 35.4 Å². The van der Waals surface area contributed by atoms with Gasteiger partial charge in [-0.05, 0) is 31.9 Å². The average molecular weight is 394 g/mol. The van der Waals surface area contributed by atoms with Crippen LogP contribution in [-0.2, 0) is 20.7 Å². The lowest BCUT2D eigenvalue weighted by molar-refractivity contribution is -0.485. The summed E-state index contributed by atoms with van der Waals surface area (Å²) in [6.45, 7) is 0.242. The van der Waals surface area contributed by atoms with Gasteiger partial charge in [-0.15, -0.1) is 0 Å². The molecule has 0 aliphatic heterocycles. The molecule has 0 aromatic heterocycles. The van der Waals surface area contributed by atoms with Gasteiger partial charge in [-0.1, -0.05) is 30.3 Å². The van der Waals surface area contributed by atoms with E-state index in [1.165, 1.54) is 7.11 Å². The molecule has 0 saturated carbocycles. The van der Waals surface area contributed by atoms with Gasteiger partial charge in [-0.3, -0.25) is 4.79 Å². The SMILES string of the molecule is CN[C@H](Cc1ccccc1)C(=O)N[C@@H](CCCN/C(N)=N/[N+](=O)[O-])C(=O)OC. The van der Waals surface area contributed by atoms with Crippen molar-refractivity contribution in [3.63, 3.8) is 0 Å². The van der Waals surface area contributed by atoms with Gasteiger partial charge in [0.1, 0.15) is 11.1 Å². The molecule has 0 bridgehead atoms. The number of hydrogen-bond acceptors (Lipinski definition) is 6. The van der Waals surface area contributed by atoms with Crippen molar-refractivity contribution in [3.05, 3.63) is 46.0 Å². The molecule has 1 aromatic carbocycles. The number of hydrogen-bond donors (Lipinski definition) is 4. The molecular weight excluding hydrogens is 368 g/mol. The number of carbonyl (C=O) groups excluding carboxylic acids is 2. The van der Waals surface area contributed by atoms with Gasteiger partial charge in [0.05, 0.1) is 13.2 Å². The number of benzene rings is 1. The fraction of sp³-hybridized carbons (Fsp3) is 0.471. The smallest absolute Gasteiger partial charge is 0.328 e. The first-order valence-electron chi connectivity index (χ1n) is 8.69. The molecule has 11 nitrogen and oxygen atoms in total. The standard InChI is InChI=1S/C17H26N6O5/c1-19-14(11-12-7-4-3-5-8-12)15(24)21-13(16(25)28-2)9-6-10-20-17(18)22-23(26)27/h3-5,7-8,13-14,19H,6,9-11H2,1-2H3,(H,21,24)(H3,18,20,22)/t13-,14+/m0/s1. The highest BCUT2D eigenvalue weighted by Crippen LogP contribution is 2.05. The van der Waals surface area contributed by atoms with Gasteiger partial charge in [0, 0.05) is 6.54 Å². The average Bonchev–Trinajstić information content (AvgIpc) is 2.67. The van der Waals surface area contributed by atoms with Crippen LogP contribution in [0.4, 0.5) is 0 Å². The third kappa shape index (κ3) is 8.45. The van der Waals surface area contributed by atoms with Gasteiger partial charge >= 0.3 is 5.97 Å². The van der Waals surface area contributed by atoms with E-state index in [1.807, 2.05) is 30.3 Å². The first-order chi connectivity index (χ1) is 13.4. The molecule has 0 aliphatic carbocycles. The van der Waals surface area contributed by atoms with Crippen molar-refractivity contribution in [1.82, 2.24) is 16.0 Å². The molecule has 28 heavy (non-hydrogen) atoms. The summed E-state index contributed by atoms with van der Waals surface area (Å²) in [5.74, 6) is -1.24. The first-order valence-corrected chi connectivity index (χ1v) is 8.69. The fourth-order valence-corrected chi connectivity index (χ4v) is 2.49. The topological polar surface area (TPSA) is 161 Å². The van der Waals surface area contributed by atoms with Gasteiger partial charge in [0.25, 0.3) is 5.96 Å². The van der Waals surface area contributed by atoms with Crippen LogP contribution in [0.1, 0.15) is 18.4 Å². The van der Waals surface area contributed by atoms with Crippen LogP contribution < -0.4 is 21.7 Å². The number of methoxy groups -OCH3 is 1. The Kier molecular flexibility index (Phi) is 9.97. The number of guanidine groups is 1. The number of esters is 1. The molecule has 0 heterocycles. The molecule has 11 heteroatoms. The summed E-state index contributed by atoms with van der Waals surface area (Å²) < 4.78 is 4.74. The van der Waals surface area contributed by atoms with Crippen molar-refractivity contribution in [1.29, 1.82) is 0 Å². The van der Waals surface area contributed by atoms with E-state index in [-0.39, 0.29) is 24.8 Å². The highest BCUT2D eigenvalue weighted by molar-refractivity contribution is 5.87. The highest BCUT2D eigenvalue weighted by Gasteiger charge is 2.25. The van der Waals surface area contributed by atoms with E-state index < -0.39 is 23.1 Å². The molecule has 0 fully saturated rings. The lowest BCUT2D eigenvalue weighted by Gasteiger charge is -2.21. The fourth-order valence-electron chi connectivity index (χ4n) is 2.49. The van der Waals surface area contributed by atoms with E-state index in [0.29, 0.717) is 12.8 Å². The predicted octanol–water partition coefficient (Wildman–Crippen LogP) is -0.649. The summed E-state index contributed by atoms with van der Waals surface area (Å²) in [5, 5.41) is 20.4. The number of amides is 1. The molecule has 0 aliphatic rings. The lowest BCUT2D eigenvalue weighted by Crippen LogP contribution is -2.50. The molecule has 154 valence electrons. The van der Waals surface area contributed by atoms with Gasteiger partial charge in [-0.2, -0.15) is 0 Å². The van der Waals surface area contributed by atoms with Crippen molar-refractivity contribution >= 4 is 17.8 Å². The second-order valence-corrected chi connectivity index (χ2v) is 5.91. The maximum atomic E-state index is 12.6. The Labute approximate surface area is 162 Å². The second kappa shape index (κ2) is 12.2. The molecule has 1 amide bonds. The summed E-state index contributed by atoms with van der Waals surface area (Å²) in [4.78, 5) is 34.7. The zero-order chi connectivity index (χ0) is 20.9. The van der Waals surface area contributed by atoms with E-state index in [9.17, 15) is 19.7 Å². The van der Waals surface area contributed by atoms with Crippen molar-refractivity contribution < 1.29 is 19.4 Å². The zero-order valence-electron chi connectivity index (χ0n) is 15.9. The van der Waals surface area contributed by atoms with E-state index in [0.717, 1.165) is 5.56 Å². The predicted molar refractivity (Wildman–Crippen MR) is 103 cm³/mol. The monoisotopic (exact) mass is 394 g/mol. The van der Waals surface area contributed by atoms with Crippen LogP contribution in [0.3, 0.4) is 0 Å². The summed E-state index contributed by atoms with van der Waals surface area (Å²) in [5.41, 5.74) is 6.30. The van der Waals surface area contributed by atoms with E-state index in [2.05, 4.69) is 21.1 Å². The zero-order valence-corrected chi connectivity index (χ0v) is 15.9. The Balaban J connectivity index is 2.60. The number of carbonyl (C=O) groups is 2. The van der Waals surface area contributed by atoms with Gasteiger partial charge in [-0.25, -0.2) is 14.9 Å².